The highest BCUT2D eigenvalue weighted by atomic mass is 16.5. The van der Waals surface area contributed by atoms with Crippen molar-refractivity contribution in [3.05, 3.63) is 103 Å². The number of nitrogens with zero attached hydrogens (tertiary/aromatic N) is 3. The minimum atomic E-state index is 0.520. The Morgan fingerprint density at radius 2 is 1.52 bits per heavy atom. The van der Waals surface area contributed by atoms with Gasteiger partial charge in [0.25, 0.3) is 0 Å². The molecule has 1 N–H and O–H groups in total. The average Bonchev–Trinajstić information content (AvgIpc) is 2.77. The minimum Gasteiger partial charge on any atom is -0.455 e. The molecule has 29 heavy (non-hydrogen) atoms. The van der Waals surface area contributed by atoms with E-state index in [0.29, 0.717) is 11.7 Å². The van der Waals surface area contributed by atoms with Crippen molar-refractivity contribution in [1.29, 1.82) is 0 Å². The SMILES string of the molecule is CN(Cc1ccccc1)c1ccnc(Nc2ccccc2Oc2ccccc2)n1. The summed E-state index contributed by atoms with van der Waals surface area (Å²) < 4.78 is 6.01. The third kappa shape index (κ3) is 4.90. The van der Waals surface area contributed by atoms with E-state index in [-0.39, 0.29) is 0 Å². The van der Waals surface area contributed by atoms with Gasteiger partial charge in [-0.25, -0.2) is 4.98 Å². The van der Waals surface area contributed by atoms with Crippen LogP contribution in [0.25, 0.3) is 0 Å². The second-order valence-corrected chi connectivity index (χ2v) is 6.62. The molecule has 0 saturated heterocycles. The highest BCUT2D eigenvalue weighted by Crippen LogP contribution is 2.30. The molecule has 0 spiro atoms. The molecule has 0 aliphatic heterocycles. The number of ether oxygens (including phenoxy) is 1. The molecule has 4 rings (SSSR count). The summed E-state index contributed by atoms with van der Waals surface area (Å²) in [5.74, 6) is 2.85. The zero-order valence-corrected chi connectivity index (χ0v) is 16.2. The zero-order valence-electron chi connectivity index (χ0n) is 16.2. The number of hydrogen-bond acceptors (Lipinski definition) is 5. The lowest BCUT2D eigenvalue weighted by Gasteiger charge is -2.19. The molecule has 1 heterocycles. The molecule has 0 fully saturated rings. The summed E-state index contributed by atoms with van der Waals surface area (Å²) in [7, 11) is 2.02. The van der Waals surface area contributed by atoms with Crippen molar-refractivity contribution < 1.29 is 4.74 Å². The van der Waals surface area contributed by atoms with Crippen LogP contribution in [-0.4, -0.2) is 17.0 Å². The van der Waals surface area contributed by atoms with Gasteiger partial charge < -0.3 is 15.0 Å². The predicted molar refractivity (Wildman–Crippen MR) is 117 cm³/mol. The lowest BCUT2D eigenvalue weighted by atomic mass is 10.2. The number of benzene rings is 3. The average molecular weight is 382 g/mol. The van der Waals surface area contributed by atoms with Gasteiger partial charge in [0.05, 0.1) is 5.69 Å². The third-order valence-corrected chi connectivity index (χ3v) is 4.40. The lowest BCUT2D eigenvalue weighted by molar-refractivity contribution is 0.485. The molecule has 144 valence electrons. The van der Waals surface area contributed by atoms with Crippen LogP contribution in [0.2, 0.25) is 0 Å². The van der Waals surface area contributed by atoms with Crippen molar-refractivity contribution in [2.75, 3.05) is 17.3 Å². The van der Waals surface area contributed by atoms with Crippen LogP contribution in [-0.2, 0) is 6.54 Å². The molecule has 1 aromatic heterocycles. The summed E-state index contributed by atoms with van der Waals surface area (Å²) in [5.41, 5.74) is 2.03. The van der Waals surface area contributed by atoms with Gasteiger partial charge in [0.15, 0.2) is 5.75 Å². The molecule has 3 aromatic carbocycles. The molecule has 5 nitrogen and oxygen atoms in total. The first-order chi connectivity index (χ1) is 14.3. The molecule has 0 saturated carbocycles. The fraction of sp³-hybridized carbons (Fsp3) is 0.0833. The van der Waals surface area contributed by atoms with Crippen molar-refractivity contribution in [2.24, 2.45) is 0 Å². The van der Waals surface area contributed by atoms with Crippen LogP contribution >= 0.6 is 0 Å². The second kappa shape index (κ2) is 8.89. The Balaban J connectivity index is 1.51. The maximum Gasteiger partial charge on any atom is 0.229 e. The van der Waals surface area contributed by atoms with E-state index in [2.05, 4.69) is 32.3 Å². The van der Waals surface area contributed by atoms with E-state index in [9.17, 15) is 0 Å². The molecule has 0 aliphatic carbocycles. The Kier molecular flexibility index (Phi) is 5.67. The second-order valence-electron chi connectivity index (χ2n) is 6.62. The van der Waals surface area contributed by atoms with E-state index in [4.69, 9.17) is 4.74 Å². The Morgan fingerprint density at radius 1 is 0.828 bits per heavy atom. The molecule has 0 amide bonds. The summed E-state index contributed by atoms with van der Waals surface area (Å²) >= 11 is 0. The monoisotopic (exact) mass is 382 g/mol. The van der Waals surface area contributed by atoms with E-state index in [1.165, 1.54) is 5.56 Å². The summed E-state index contributed by atoms with van der Waals surface area (Å²) in [5, 5.41) is 3.28. The van der Waals surface area contributed by atoms with Gasteiger partial charge >= 0.3 is 0 Å². The first-order valence-electron chi connectivity index (χ1n) is 9.45. The third-order valence-electron chi connectivity index (χ3n) is 4.40. The summed E-state index contributed by atoms with van der Waals surface area (Å²) in [6, 6.07) is 29.7. The molecule has 0 unspecified atom stereocenters. The van der Waals surface area contributed by atoms with Crippen molar-refractivity contribution >= 4 is 17.5 Å². The van der Waals surface area contributed by atoms with Crippen LogP contribution in [0.15, 0.2) is 97.2 Å². The maximum absolute atomic E-state index is 6.01. The summed E-state index contributed by atoms with van der Waals surface area (Å²) in [6.45, 7) is 0.769. The molecule has 0 atom stereocenters. The minimum absolute atomic E-state index is 0.520. The largest absolute Gasteiger partial charge is 0.455 e. The van der Waals surface area contributed by atoms with E-state index in [0.717, 1.165) is 23.8 Å². The van der Waals surface area contributed by atoms with Gasteiger partial charge in [-0.2, -0.15) is 4.98 Å². The Hall–Kier alpha value is -3.86. The quantitative estimate of drug-likeness (QED) is 0.448. The van der Waals surface area contributed by atoms with Crippen molar-refractivity contribution in [3.63, 3.8) is 0 Å². The van der Waals surface area contributed by atoms with Gasteiger partial charge in [0.1, 0.15) is 11.6 Å². The number of hydrogen-bond donors (Lipinski definition) is 1. The van der Waals surface area contributed by atoms with Gasteiger partial charge in [-0.15, -0.1) is 0 Å². The van der Waals surface area contributed by atoms with E-state index in [1.807, 2.05) is 85.9 Å². The van der Waals surface area contributed by atoms with Crippen molar-refractivity contribution in [2.45, 2.75) is 6.54 Å². The number of aromatic nitrogens is 2. The van der Waals surface area contributed by atoms with Crippen LogP contribution in [0, 0.1) is 0 Å². The number of para-hydroxylation sites is 3. The molecule has 0 bridgehead atoms. The Labute approximate surface area is 170 Å². The maximum atomic E-state index is 6.01. The number of rotatable bonds is 7. The fourth-order valence-electron chi connectivity index (χ4n) is 2.96. The fourth-order valence-corrected chi connectivity index (χ4v) is 2.96. The highest BCUT2D eigenvalue weighted by molar-refractivity contribution is 5.63. The summed E-state index contributed by atoms with van der Waals surface area (Å²) in [6.07, 6.45) is 1.76. The smallest absolute Gasteiger partial charge is 0.229 e. The van der Waals surface area contributed by atoms with E-state index < -0.39 is 0 Å². The molecular weight excluding hydrogens is 360 g/mol. The van der Waals surface area contributed by atoms with E-state index in [1.54, 1.807) is 6.20 Å². The van der Waals surface area contributed by atoms with Gasteiger partial charge in [0, 0.05) is 19.8 Å². The molecule has 0 aliphatic rings. The van der Waals surface area contributed by atoms with Crippen molar-refractivity contribution in [3.8, 4) is 11.5 Å². The Morgan fingerprint density at radius 3 is 2.31 bits per heavy atom. The Bertz CT molecular complexity index is 1050. The number of nitrogens with one attached hydrogen (secondary N) is 1. The van der Waals surface area contributed by atoms with Crippen LogP contribution in [0.5, 0.6) is 11.5 Å². The van der Waals surface area contributed by atoms with Gasteiger partial charge in [-0.1, -0.05) is 60.7 Å². The van der Waals surface area contributed by atoms with Gasteiger partial charge in [-0.05, 0) is 35.9 Å². The van der Waals surface area contributed by atoms with Gasteiger partial charge in [-0.3, -0.25) is 0 Å². The predicted octanol–water partition coefficient (Wildman–Crippen LogP) is 5.65. The first-order valence-corrected chi connectivity index (χ1v) is 9.45. The van der Waals surface area contributed by atoms with Gasteiger partial charge in [0.2, 0.25) is 5.95 Å². The molecule has 5 heteroatoms. The van der Waals surface area contributed by atoms with Crippen LogP contribution in [0.4, 0.5) is 17.5 Å². The molecule has 0 radical (unpaired) electrons. The van der Waals surface area contributed by atoms with Crippen LogP contribution < -0.4 is 15.0 Å². The van der Waals surface area contributed by atoms with Crippen LogP contribution in [0.3, 0.4) is 0 Å². The molecule has 4 aromatic rings. The summed E-state index contributed by atoms with van der Waals surface area (Å²) in [4.78, 5) is 11.1. The normalized spacial score (nSPS) is 10.4. The lowest BCUT2D eigenvalue weighted by Crippen LogP contribution is -2.18. The zero-order chi connectivity index (χ0) is 19.9. The topological polar surface area (TPSA) is 50.3 Å². The van der Waals surface area contributed by atoms with Crippen LogP contribution in [0.1, 0.15) is 5.56 Å². The standard InChI is InChI=1S/C24H22N4O/c1-28(18-19-10-4-2-5-11-19)23-16-17-25-24(27-23)26-21-14-8-9-15-22(21)29-20-12-6-3-7-13-20/h2-17H,18H2,1H3,(H,25,26,27). The first kappa shape index (κ1) is 18.5. The van der Waals surface area contributed by atoms with Crippen molar-refractivity contribution in [1.82, 2.24) is 9.97 Å². The highest BCUT2D eigenvalue weighted by Gasteiger charge is 2.09. The molecular formula is C24H22N4O. The number of anilines is 3. The van der Waals surface area contributed by atoms with E-state index >= 15 is 0 Å².